The highest BCUT2D eigenvalue weighted by molar-refractivity contribution is 6.03. The number of piperazine rings is 1. The minimum Gasteiger partial charge on any atom is -0.353 e. The Hall–Kier alpha value is -3.96. The third-order valence-corrected chi connectivity index (χ3v) is 6.00. The number of halogens is 3. The standard InChI is InChI=1S/C23H23F3N8O/c1-15-12-32(20-4-2-3-17(24)30-20)7-8-34(15)21-11-27-18(10-29-21)31-22(35)16-5-6-19(28-9-16)33-13-23(25,26)14-33/h2-6,9-11,15H,7-8,12-14H2,1H3,(H,27,31,35)/t15-/m0/s1. The fourth-order valence-corrected chi connectivity index (χ4v) is 4.18. The third kappa shape index (κ3) is 4.96. The fourth-order valence-electron chi connectivity index (χ4n) is 4.18. The maximum atomic E-state index is 13.5. The summed E-state index contributed by atoms with van der Waals surface area (Å²) in [6.07, 6.45) is 4.41. The van der Waals surface area contributed by atoms with Crippen molar-refractivity contribution in [3.8, 4) is 0 Å². The number of carbonyl (C=O) groups excluding carboxylic acids is 1. The van der Waals surface area contributed by atoms with Gasteiger partial charge in [0.2, 0.25) is 5.95 Å². The monoisotopic (exact) mass is 484 g/mol. The van der Waals surface area contributed by atoms with Crippen LogP contribution in [0.4, 0.5) is 36.4 Å². The molecule has 0 aromatic carbocycles. The summed E-state index contributed by atoms with van der Waals surface area (Å²) in [7, 11) is 0. The van der Waals surface area contributed by atoms with Crippen molar-refractivity contribution in [2.45, 2.75) is 18.9 Å². The van der Waals surface area contributed by atoms with Crippen LogP contribution in [-0.2, 0) is 0 Å². The van der Waals surface area contributed by atoms with Crippen LogP contribution in [0.1, 0.15) is 17.3 Å². The molecule has 12 heteroatoms. The van der Waals surface area contributed by atoms with E-state index in [9.17, 15) is 18.0 Å². The molecular weight excluding hydrogens is 461 g/mol. The van der Waals surface area contributed by atoms with E-state index in [0.29, 0.717) is 37.1 Å². The normalized spacial score (nSPS) is 19.3. The topological polar surface area (TPSA) is 90.4 Å². The van der Waals surface area contributed by atoms with E-state index in [0.717, 1.165) is 0 Å². The molecule has 5 heterocycles. The average molecular weight is 484 g/mol. The fraction of sp³-hybridized carbons (Fsp3) is 0.348. The Kier molecular flexibility index (Phi) is 5.87. The predicted octanol–water partition coefficient (Wildman–Crippen LogP) is 2.83. The summed E-state index contributed by atoms with van der Waals surface area (Å²) < 4.78 is 39.5. The highest BCUT2D eigenvalue weighted by Gasteiger charge is 2.44. The molecule has 2 aliphatic rings. The zero-order valence-electron chi connectivity index (χ0n) is 18.9. The highest BCUT2D eigenvalue weighted by atomic mass is 19.3. The lowest BCUT2D eigenvalue weighted by Gasteiger charge is -2.40. The Morgan fingerprint density at radius 1 is 0.971 bits per heavy atom. The van der Waals surface area contributed by atoms with Crippen molar-refractivity contribution in [1.82, 2.24) is 19.9 Å². The molecular formula is C23H23F3N8O. The molecule has 1 amide bonds. The first-order chi connectivity index (χ1) is 16.8. The lowest BCUT2D eigenvalue weighted by molar-refractivity contribution is -0.0267. The van der Waals surface area contributed by atoms with E-state index in [2.05, 4.69) is 30.2 Å². The summed E-state index contributed by atoms with van der Waals surface area (Å²) in [5.41, 5.74) is 0.280. The molecule has 1 atom stereocenters. The number of aromatic nitrogens is 4. The van der Waals surface area contributed by atoms with Gasteiger partial charge < -0.3 is 20.0 Å². The van der Waals surface area contributed by atoms with E-state index >= 15 is 0 Å². The quantitative estimate of drug-likeness (QED) is 0.553. The van der Waals surface area contributed by atoms with Crippen molar-refractivity contribution in [2.75, 3.05) is 52.7 Å². The van der Waals surface area contributed by atoms with Gasteiger partial charge in [0.25, 0.3) is 11.8 Å². The maximum absolute atomic E-state index is 13.5. The Balaban J connectivity index is 1.17. The first-order valence-corrected chi connectivity index (χ1v) is 11.1. The van der Waals surface area contributed by atoms with Crippen molar-refractivity contribution in [2.24, 2.45) is 0 Å². The van der Waals surface area contributed by atoms with Crippen LogP contribution in [-0.4, -0.2) is 70.5 Å². The van der Waals surface area contributed by atoms with E-state index in [1.807, 2.05) is 11.8 Å². The molecule has 2 saturated heterocycles. The van der Waals surface area contributed by atoms with Gasteiger partial charge in [-0.05, 0) is 31.2 Å². The maximum Gasteiger partial charge on any atom is 0.282 e. The number of alkyl halides is 2. The van der Waals surface area contributed by atoms with Crippen molar-refractivity contribution in [1.29, 1.82) is 0 Å². The third-order valence-electron chi connectivity index (χ3n) is 6.00. The number of anilines is 4. The molecule has 9 nitrogen and oxygen atoms in total. The van der Waals surface area contributed by atoms with Crippen LogP contribution in [0, 0.1) is 5.95 Å². The van der Waals surface area contributed by atoms with Gasteiger partial charge in [0, 0.05) is 31.9 Å². The zero-order chi connectivity index (χ0) is 24.6. The molecule has 182 valence electrons. The Morgan fingerprint density at radius 3 is 2.40 bits per heavy atom. The first kappa shape index (κ1) is 22.8. The van der Waals surface area contributed by atoms with Crippen molar-refractivity contribution >= 4 is 29.2 Å². The number of rotatable bonds is 5. The molecule has 3 aromatic rings. The van der Waals surface area contributed by atoms with Crippen LogP contribution in [0.5, 0.6) is 0 Å². The Bertz CT molecular complexity index is 1200. The van der Waals surface area contributed by atoms with Gasteiger partial charge in [0.15, 0.2) is 5.82 Å². The van der Waals surface area contributed by atoms with Gasteiger partial charge in [-0.15, -0.1) is 0 Å². The molecule has 2 fully saturated rings. The molecule has 35 heavy (non-hydrogen) atoms. The molecule has 0 aliphatic carbocycles. The first-order valence-electron chi connectivity index (χ1n) is 11.1. The van der Waals surface area contributed by atoms with Gasteiger partial charge in [-0.3, -0.25) is 4.79 Å². The van der Waals surface area contributed by atoms with Crippen LogP contribution in [0.15, 0.2) is 48.9 Å². The Labute approximate surface area is 199 Å². The molecule has 0 unspecified atom stereocenters. The number of hydrogen-bond donors (Lipinski definition) is 1. The van der Waals surface area contributed by atoms with E-state index in [4.69, 9.17) is 0 Å². The number of nitrogens with zero attached hydrogens (tertiary/aromatic N) is 7. The molecule has 0 bridgehead atoms. The molecule has 0 radical (unpaired) electrons. The summed E-state index contributed by atoms with van der Waals surface area (Å²) in [5.74, 6) is -1.67. The summed E-state index contributed by atoms with van der Waals surface area (Å²) in [4.78, 5) is 34.9. The van der Waals surface area contributed by atoms with E-state index in [1.165, 1.54) is 29.4 Å². The van der Waals surface area contributed by atoms with Crippen LogP contribution in [0.3, 0.4) is 0 Å². The summed E-state index contributed by atoms with van der Waals surface area (Å²) in [6, 6.07) is 7.91. The van der Waals surface area contributed by atoms with Crippen molar-refractivity contribution < 1.29 is 18.0 Å². The minimum absolute atomic E-state index is 0.0829. The molecule has 3 aromatic heterocycles. The van der Waals surface area contributed by atoms with Crippen LogP contribution in [0.25, 0.3) is 0 Å². The summed E-state index contributed by atoms with van der Waals surface area (Å²) in [6.45, 7) is 3.25. The average Bonchev–Trinajstić information content (AvgIpc) is 2.83. The van der Waals surface area contributed by atoms with Gasteiger partial charge in [-0.1, -0.05) is 6.07 Å². The van der Waals surface area contributed by atoms with Crippen LogP contribution < -0.4 is 20.0 Å². The molecule has 0 spiro atoms. The van der Waals surface area contributed by atoms with E-state index < -0.39 is 17.8 Å². The second-order valence-electron chi connectivity index (χ2n) is 8.64. The van der Waals surface area contributed by atoms with Gasteiger partial charge in [0.05, 0.1) is 31.0 Å². The van der Waals surface area contributed by atoms with Crippen molar-refractivity contribution in [3.63, 3.8) is 0 Å². The van der Waals surface area contributed by atoms with Crippen LogP contribution >= 0.6 is 0 Å². The largest absolute Gasteiger partial charge is 0.353 e. The SMILES string of the molecule is C[C@H]1CN(c2cccc(F)n2)CCN1c1cnc(NC(=O)c2ccc(N3CC(F)(F)C3)nc2)cn1. The molecule has 5 rings (SSSR count). The number of carbonyl (C=O) groups is 1. The molecule has 1 N–H and O–H groups in total. The lowest BCUT2D eigenvalue weighted by Crippen LogP contribution is -2.56. The molecule has 2 aliphatic heterocycles. The van der Waals surface area contributed by atoms with Crippen molar-refractivity contribution in [3.05, 3.63) is 60.4 Å². The zero-order valence-corrected chi connectivity index (χ0v) is 18.9. The van der Waals surface area contributed by atoms with Crippen LogP contribution in [0.2, 0.25) is 0 Å². The van der Waals surface area contributed by atoms with E-state index in [1.54, 1.807) is 24.4 Å². The predicted molar refractivity (Wildman–Crippen MR) is 125 cm³/mol. The Morgan fingerprint density at radius 2 is 1.77 bits per heavy atom. The summed E-state index contributed by atoms with van der Waals surface area (Å²) in [5, 5.41) is 2.67. The van der Waals surface area contributed by atoms with E-state index in [-0.39, 0.29) is 30.5 Å². The second kappa shape index (κ2) is 9.01. The second-order valence-corrected chi connectivity index (χ2v) is 8.64. The minimum atomic E-state index is -2.69. The summed E-state index contributed by atoms with van der Waals surface area (Å²) >= 11 is 0. The number of amides is 1. The smallest absolute Gasteiger partial charge is 0.282 e. The number of nitrogens with one attached hydrogen (secondary N) is 1. The van der Waals surface area contributed by atoms with Gasteiger partial charge >= 0.3 is 0 Å². The highest BCUT2D eigenvalue weighted by Crippen LogP contribution is 2.30. The lowest BCUT2D eigenvalue weighted by atomic mass is 10.1. The van der Waals surface area contributed by atoms with Gasteiger partial charge in [-0.25, -0.2) is 28.7 Å². The van der Waals surface area contributed by atoms with Gasteiger partial charge in [0.1, 0.15) is 17.5 Å². The number of hydrogen-bond acceptors (Lipinski definition) is 8. The van der Waals surface area contributed by atoms with Gasteiger partial charge in [-0.2, -0.15) is 4.39 Å². The number of pyridine rings is 2. The molecule has 0 saturated carbocycles.